The van der Waals surface area contributed by atoms with Crippen LogP contribution >= 0.6 is 0 Å². The summed E-state index contributed by atoms with van der Waals surface area (Å²) >= 11 is 0. The van der Waals surface area contributed by atoms with Gasteiger partial charge in [-0.15, -0.1) is 0 Å². The maximum absolute atomic E-state index is 13.2. The maximum Gasteiger partial charge on any atom is 0.335 e. The standard InChI is InChI=1S/C57H76O6/c1-15-56(16-2,45-25-27-48(58)39(7)33-45)43-24-20-42(38(6)32-43)22-30-52(55(12,13)14)63-50-35-47(62-53(50)60)36-61-49-28-26-46(34-40(49)8)57(17-3,18-4)44-23-19-41(37(5)31-44)21-29-51(59)54(9,10)11/h19-34,47,50-52,58-59H,15-18,35-36H2,1-14H3/b29-21+,30-22+. The molecule has 0 bridgehead atoms. The molecule has 0 radical (unpaired) electrons. The Hall–Kier alpha value is -4.65. The van der Waals surface area contributed by atoms with Crippen LogP contribution in [0.3, 0.4) is 0 Å². The zero-order chi connectivity index (χ0) is 46.5. The number of cyclic esters (lactones) is 1. The number of esters is 1. The van der Waals surface area contributed by atoms with Gasteiger partial charge in [0.15, 0.2) is 6.10 Å². The number of aliphatic hydroxyl groups is 1. The lowest BCUT2D eigenvalue weighted by molar-refractivity contribution is -0.153. The lowest BCUT2D eigenvalue weighted by Gasteiger charge is -2.34. The van der Waals surface area contributed by atoms with Crippen molar-refractivity contribution in [2.45, 2.75) is 164 Å². The van der Waals surface area contributed by atoms with Crippen molar-refractivity contribution in [2.24, 2.45) is 10.8 Å². The highest BCUT2D eigenvalue weighted by Gasteiger charge is 2.40. The van der Waals surface area contributed by atoms with Crippen molar-refractivity contribution in [3.63, 3.8) is 0 Å². The molecule has 1 saturated heterocycles. The average Bonchev–Trinajstić information content (AvgIpc) is 3.59. The number of phenols is 1. The summed E-state index contributed by atoms with van der Waals surface area (Å²) in [6.07, 6.45) is 10.4. The molecule has 6 heteroatoms. The van der Waals surface area contributed by atoms with Gasteiger partial charge < -0.3 is 24.4 Å². The lowest BCUT2D eigenvalue weighted by Crippen LogP contribution is -2.33. The average molecular weight is 857 g/mol. The minimum Gasteiger partial charge on any atom is -0.508 e. The summed E-state index contributed by atoms with van der Waals surface area (Å²) in [5, 5.41) is 20.8. The van der Waals surface area contributed by atoms with Crippen molar-refractivity contribution in [1.29, 1.82) is 0 Å². The summed E-state index contributed by atoms with van der Waals surface area (Å²) in [5.41, 5.74) is 10.7. The smallest absolute Gasteiger partial charge is 0.335 e. The van der Waals surface area contributed by atoms with E-state index in [-0.39, 0.29) is 40.3 Å². The molecule has 1 fully saturated rings. The van der Waals surface area contributed by atoms with Crippen LogP contribution in [0.15, 0.2) is 84.9 Å². The van der Waals surface area contributed by atoms with E-state index in [1.807, 2.05) is 45.9 Å². The Morgan fingerprint density at radius 2 is 1.11 bits per heavy atom. The molecule has 4 unspecified atom stereocenters. The summed E-state index contributed by atoms with van der Waals surface area (Å²) in [4.78, 5) is 13.2. The summed E-state index contributed by atoms with van der Waals surface area (Å²) in [5.74, 6) is 0.748. The van der Waals surface area contributed by atoms with Crippen LogP contribution in [-0.2, 0) is 25.1 Å². The second kappa shape index (κ2) is 20.0. The fourth-order valence-corrected chi connectivity index (χ4v) is 9.26. The minimum absolute atomic E-state index is 0.159. The van der Waals surface area contributed by atoms with E-state index in [9.17, 15) is 15.0 Å². The fraction of sp³-hybridized carbons (Fsp3) is 0.491. The van der Waals surface area contributed by atoms with Gasteiger partial charge in [-0.25, -0.2) is 4.79 Å². The van der Waals surface area contributed by atoms with Gasteiger partial charge >= 0.3 is 5.97 Å². The number of hydrogen-bond donors (Lipinski definition) is 2. The Bertz CT molecular complexity index is 2260. The van der Waals surface area contributed by atoms with Gasteiger partial charge in [-0.05, 0) is 132 Å². The molecule has 0 aliphatic carbocycles. The first kappa shape index (κ1) is 49.4. The molecule has 340 valence electrons. The second-order valence-electron chi connectivity index (χ2n) is 20.2. The van der Waals surface area contributed by atoms with Crippen LogP contribution in [-0.4, -0.2) is 47.2 Å². The molecule has 0 amide bonds. The molecular weight excluding hydrogens is 781 g/mol. The molecule has 5 rings (SSSR count). The topological polar surface area (TPSA) is 85.2 Å². The number of aromatic hydroxyl groups is 1. The first-order valence-electron chi connectivity index (χ1n) is 23.3. The van der Waals surface area contributed by atoms with Gasteiger partial charge in [0.05, 0.1) is 12.2 Å². The number of benzene rings is 4. The van der Waals surface area contributed by atoms with Gasteiger partial charge in [0, 0.05) is 17.3 Å². The monoisotopic (exact) mass is 857 g/mol. The minimum atomic E-state index is -0.688. The van der Waals surface area contributed by atoms with E-state index >= 15 is 0 Å². The SMILES string of the molecule is CCC(CC)(c1ccc(O)c(C)c1)c1ccc(/C=C/C(OC2CC(COc3ccc(C(CC)(CC)c4ccc(/C=C/C(O)C(C)(C)C)c(C)c4)cc3C)OC2=O)C(C)(C)C)c(C)c1. The van der Waals surface area contributed by atoms with Crippen LogP contribution < -0.4 is 4.74 Å². The number of carbonyl (C=O) groups is 1. The molecule has 1 heterocycles. The number of rotatable bonds is 17. The van der Waals surface area contributed by atoms with Crippen molar-refractivity contribution >= 4 is 18.1 Å². The number of aliphatic hydroxyl groups excluding tert-OH is 1. The van der Waals surface area contributed by atoms with Crippen LogP contribution in [0.4, 0.5) is 0 Å². The van der Waals surface area contributed by atoms with Gasteiger partial charge in [-0.3, -0.25) is 0 Å². The molecular formula is C57H76O6. The number of aryl methyl sites for hydroxylation is 4. The van der Waals surface area contributed by atoms with Gasteiger partial charge in [-0.1, -0.05) is 154 Å². The van der Waals surface area contributed by atoms with Crippen molar-refractivity contribution in [3.8, 4) is 11.5 Å². The van der Waals surface area contributed by atoms with E-state index < -0.39 is 18.3 Å². The Morgan fingerprint density at radius 1 is 0.651 bits per heavy atom. The molecule has 0 saturated carbocycles. The van der Waals surface area contributed by atoms with Crippen LogP contribution in [0, 0.1) is 38.5 Å². The number of phenolic OH excluding ortho intramolecular Hbond substituents is 1. The molecule has 1 aliphatic rings. The van der Waals surface area contributed by atoms with Gasteiger partial charge in [0.25, 0.3) is 0 Å². The Kier molecular flexibility index (Phi) is 15.7. The molecule has 0 spiro atoms. The number of ether oxygens (including phenoxy) is 3. The van der Waals surface area contributed by atoms with Crippen LogP contribution in [0.5, 0.6) is 11.5 Å². The highest BCUT2D eigenvalue weighted by atomic mass is 16.6. The molecule has 0 aromatic heterocycles. The molecule has 4 atom stereocenters. The summed E-state index contributed by atoms with van der Waals surface area (Å²) in [6.45, 7) is 30.0. The van der Waals surface area contributed by atoms with Crippen molar-refractivity contribution in [2.75, 3.05) is 6.61 Å². The molecule has 1 aliphatic heterocycles. The van der Waals surface area contributed by atoms with Crippen molar-refractivity contribution in [1.82, 2.24) is 0 Å². The van der Waals surface area contributed by atoms with Gasteiger partial charge in [0.2, 0.25) is 0 Å². The number of hydrogen-bond acceptors (Lipinski definition) is 6. The van der Waals surface area contributed by atoms with E-state index in [0.717, 1.165) is 53.7 Å². The van der Waals surface area contributed by atoms with Crippen molar-refractivity contribution < 1.29 is 29.2 Å². The van der Waals surface area contributed by atoms with Gasteiger partial charge in [-0.2, -0.15) is 0 Å². The predicted octanol–water partition coefficient (Wildman–Crippen LogP) is 13.5. The third-order valence-electron chi connectivity index (χ3n) is 13.9. The highest BCUT2D eigenvalue weighted by molar-refractivity contribution is 5.77. The lowest BCUT2D eigenvalue weighted by atomic mass is 9.70. The van der Waals surface area contributed by atoms with E-state index in [1.165, 1.54) is 33.4 Å². The summed E-state index contributed by atoms with van der Waals surface area (Å²) in [7, 11) is 0. The van der Waals surface area contributed by atoms with Crippen LogP contribution in [0.25, 0.3) is 12.2 Å². The zero-order valence-corrected chi connectivity index (χ0v) is 40.8. The molecule has 2 N–H and O–H groups in total. The molecule has 6 nitrogen and oxygen atoms in total. The summed E-state index contributed by atoms with van der Waals surface area (Å²) in [6, 6.07) is 25.9. The quantitative estimate of drug-likeness (QED) is 0.103. The summed E-state index contributed by atoms with van der Waals surface area (Å²) < 4.78 is 18.8. The van der Waals surface area contributed by atoms with E-state index in [0.29, 0.717) is 12.2 Å². The fourth-order valence-electron chi connectivity index (χ4n) is 9.26. The first-order chi connectivity index (χ1) is 29.6. The molecule has 63 heavy (non-hydrogen) atoms. The largest absolute Gasteiger partial charge is 0.508 e. The zero-order valence-electron chi connectivity index (χ0n) is 40.8. The number of carbonyl (C=O) groups excluding carboxylic acids is 1. The van der Waals surface area contributed by atoms with E-state index in [1.54, 1.807) is 0 Å². The third-order valence-corrected chi connectivity index (χ3v) is 13.9. The second-order valence-corrected chi connectivity index (χ2v) is 20.2. The van der Waals surface area contributed by atoms with Crippen LogP contribution in [0.2, 0.25) is 0 Å². The van der Waals surface area contributed by atoms with E-state index in [4.69, 9.17) is 14.2 Å². The normalized spacial score (nSPS) is 17.4. The predicted molar refractivity (Wildman–Crippen MR) is 261 cm³/mol. The highest BCUT2D eigenvalue weighted by Crippen LogP contribution is 2.43. The van der Waals surface area contributed by atoms with Crippen molar-refractivity contribution in [3.05, 3.63) is 141 Å². The maximum atomic E-state index is 13.2. The van der Waals surface area contributed by atoms with Crippen LogP contribution in [0.1, 0.15) is 157 Å². The Balaban J connectivity index is 1.25. The van der Waals surface area contributed by atoms with Gasteiger partial charge in [0.1, 0.15) is 24.2 Å². The first-order valence-corrected chi connectivity index (χ1v) is 23.3. The van der Waals surface area contributed by atoms with E-state index in [2.05, 4.69) is 148 Å². The molecule has 4 aromatic carbocycles. The Morgan fingerprint density at radius 3 is 1.56 bits per heavy atom. The molecule has 4 aromatic rings. The third kappa shape index (κ3) is 11.0. The Labute approximate surface area is 379 Å².